The zero-order valence-corrected chi connectivity index (χ0v) is 14.9. The molecule has 0 atom stereocenters. The van der Waals surface area contributed by atoms with Crippen molar-refractivity contribution in [1.29, 1.82) is 0 Å². The predicted molar refractivity (Wildman–Crippen MR) is 99.3 cm³/mol. The van der Waals surface area contributed by atoms with Gasteiger partial charge >= 0.3 is 0 Å². The van der Waals surface area contributed by atoms with E-state index in [1.807, 2.05) is 31.2 Å². The van der Waals surface area contributed by atoms with E-state index in [1.165, 1.54) is 11.1 Å². The number of halogens is 1. The van der Waals surface area contributed by atoms with Gasteiger partial charge in [-0.15, -0.1) is 24.0 Å². The van der Waals surface area contributed by atoms with E-state index in [0.29, 0.717) is 12.5 Å². The summed E-state index contributed by atoms with van der Waals surface area (Å²) in [6.07, 6.45) is 0. The molecule has 0 unspecified atom stereocenters. The van der Waals surface area contributed by atoms with Crippen molar-refractivity contribution in [3.8, 4) is 0 Å². The number of nitrogens with two attached hydrogens (primary N) is 1. The fourth-order valence-corrected chi connectivity index (χ4v) is 1.86. The Morgan fingerprint density at radius 1 is 1.14 bits per heavy atom. The van der Waals surface area contributed by atoms with Gasteiger partial charge in [-0.1, -0.05) is 12.1 Å². The van der Waals surface area contributed by atoms with Gasteiger partial charge in [-0.25, -0.2) is 4.99 Å². The van der Waals surface area contributed by atoms with Crippen molar-refractivity contribution in [3.05, 3.63) is 58.9 Å². The summed E-state index contributed by atoms with van der Waals surface area (Å²) >= 11 is 0. The zero-order chi connectivity index (χ0) is 14.5. The topological polar surface area (TPSA) is 63.3 Å². The Bertz CT molecular complexity index is 638. The number of aryl methyl sites for hydroxylation is 3. The van der Waals surface area contributed by atoms with Crippen LogP contribution < -0.4 is 11.1 Å². The number of benzene rings is 1. The molecule has 2 aromatic rings. The smallest absolute Gasteiger partial charge is 0.193 e. The molecule has 0 saturated carbocycles. The average Bonchev–Trinajstić information content (AvgIpc) is 2.41. The van der Waals surface area contributed by atoms with Crippen molar-refractivity contribution < 1.29 is 0 Å². The third-order valence-corrected chi connectivity index (χ3v) is 3.14. The minimum absolute atomic E-state index is 0. The second-order valence-electron chi connectivity index (χ2n) is 4.90. The monoisotopic (exact) mass is 396 g/mol. The van der Waals surface area contributed by atoms with Crippen molar-refractivity contribution in [2.24, 2.45) is 10.7 Å². The van der Waals surface area contributed by atoms with Crippen LogP contribution in [0.1, 0.15) is 22.5 Å². The summed E-state index contributed by atoms with van der Waals surface area (Å²) in [5.74, 6) is 0.400. The molecule has 2 rings (SSSR count). The number of hydrogen-bond acceptors (Lipinski definition) is 2. The van der Waals surface area contributed by atoms with Gasteiger partial charge in [0.1, 0.15) is 0 Å². The van der Waals surface area contributed by atoms with E-state index in [9.17, 15) is 0 Å². The summed E-state index contributed by atoms with van der Waals surface area (Å²) < 4.78 is 0. The van der Waals surface area contributed by atoms with Gasteiger partial charge in [-0.05, 0) is 56.2 Å². The minimum atomic E-state index is 0. The summed E-state index contributed by atoms with van der Waals surface area (Å²) in [5, 5.41) is 3.09. The molecule has 0 amide bonds. The molecular weight excluding hydrogens is 375 g/mol. The number of nitrogens with one attached hydrogen (secondary N) is 1. The number of aromatic nitrogens is 1. The number of guanidine groups is 1. The summed E-state index contributed by atoms with van der Waals surface area (Å²) in [6, 6.07) is 12.0. The summed E-state index contributed by atoms with van der Waals surface area (Å²) in [5.41, 5.74) is 11.2. The van der Waals surface area contributed by atoms with E-state index in [-0.39, 0.29) is 24.0 Å². The maximum Gasteiger partial charge on any atom is 0.193 e. The van der Waals surface area contributed by atoms with E-state index in [2.05, 4.69) is 41.3 Å². The molecule has 0 spiro atoms. The molecule has 3 N–H and O–H groups in total. The Balaban J connectivity index is 0.00000220. The third kappa shape index (κ3) is 5.34. The van der Waals surface area contributed by atoms with Crippen molar-refractivity contribution >= 4 is 35.6 Å². The molecule has 0 aliphatic rings. The van der Waals surface area contributed by atoms with Crippen molar-refractivity contribution in [2.45, 2.75) is 27.3 Å². The number of nitrogens with zero attached hydrogens (tertiary/aromatic N) is 2. The molecule has 21 heavy (non-hydrogen) atoms. The van der Waals surface area contributed by atoms with Crippen LogP contribution in [-0.4, -0.2) is 10.9 Å². The second kappa shape index (κ2) is 7.97. The fraction of sp³-hybridized carbons (Fsp3) is 0.250. The van der Waals surface area contributed by atoms with Gasteiger partial charge in [0.15, 0.2) is 5.96 Å². The Labute approximate surface area is 142 Å². The summed E-state index contributed by atoms with van der Waals surface area (Å²) in [7, 11) is 0. The summed E-state index contributed by atoms with van der Waals surface area (Å²) in [4.78, 5) is 8.69. The molecule has 0 fully saturated rings. The van der Waals surface area contributed by atoms with E-state index in [4.69, 9.17) is 5.73 Å². The van der Waals surface area contributed by atoms with Crippen LogP contribution in [0.25, 0.3) is 0 Å². The lowest BCUT2D eigenvalue weighted by molar-refractivity contribution is 0.965. The molecule has 0 radical (unpaired) electrons. The van der Waals surface area contributed by atoms with E-state index in [1.54, 1.807) is 0 Å². The highest BCUT2D eigenvalue weighted by molar-refractivity contribution is 14.0. The van der Waals surface area contributed by atoms with Gasteiger partial charge in [0.05, 0.1) is 12.2 Å². The van der Waals surface area contributed by atoms with Gasteiger partial charge in [-0.3, -0.25) is 4.98 Å². The van der Waals surface area contributed by atoms with E-state index in [0.717, 1.165) is 17.1 Å². The lowest BCUT2D eigenvalue weighted by Gasteiger charge is -2.08. The highest BCUT2D eigenvalue weighted by Gasteiger charge is 1.99. The summed E-state index contributed by atoms with van der Waals surface area (Å²) in [6.45, 7) is 6.60. The highest BCUT2D eigenvalue weighted by atomic mass is 127. The van der Waals surface area contributed by atoms with Crippen LogP contribution in [-0.2, 0) is 6.54 Å². The quantitative estimate of drug-likeness (QED) is 0.474. The average molecular weight is 396 g/mol. The lowest BCUT2D eigenvalue weighted by atomic mass is 10.1. The highest BCUT2D eigenvalue weighted by Crippen LogP contribution is 2.13. The van der Waals surface area contributed by atoms with Crippen LogP contribution in [0.15, 0.2) is 41.4 Å². The van der Waals surface area contributed by atoms with Gasteiger partial charge in [0, 0.05) is 11.4 Å². The van der Waals surface area contributed by atoms with E-state index < -0.39 is 0 Å². The van der Waals surface area contributed by atoms with Crippen molar-refractivity contribution in [1.82, 2.24) is 4.98 Å². The van der Waals surface area contributed by atoms with Crippen molar-refractivity contribution in [2.75, 3.05) is 5.32 Å². The normalized spacial score (nSPS) is 10.9. The maximum absolute atomic E-state index is 5.89. The minimum Gasteiger partial charge on any atom is -0.370 e. The Hall–Kier alpha value is -1.63. The Morgan fingerprint density at radius 2 is 1.90 bits per heavy atom. The van der Waals surface area contributed by atoms with Gasteiger partial charge < -0.3 is 11.1 Å². The molecule has 112 valence electrons. The standard InChI is InChI=1S/C16H20N4.HI/c1-11-7-8-14(9-12(11)2)20-16(17)18-10-15-6-4-5-13(3)19-15;/h4-9H,10H2,1-3H3,(H3,17,18,20);1H. The first-order chi connectivity index (χ1) is 9.54. The SMILES string of the molecule is Cc1cccc(CN=C(N)Nc2ccc(C)c(C)c2)n1.I. The first-order valence-corrected chi connectivity index (χ1v) is 6.61. The van der Waals surface area contributed by atoms with E-state index >= 15 is 0 Å². The van der Waals surface area contributed by atoms with Crippen LogP contribution in [0.2, 0.25) is 0 Å². The number of pyridine rings is 1. The molecule has 4 nitrogen and oxygen atoms in total. The van der Waals surface area contributed by atoms with Crippen LogP contribution in [0.3, 0.4) is 0 Å². The molecule has 1 aromatic heterocycles. The number of rotatable bonds is 3. The first kappa shape index (κ1) is 17.4. The molecular formula is C16H21IN4. The van der Waals surface area contributed by atoms with Crippen LogP contribution in [0.4, 0.5) is 5.69 Å². The van der Waals surface area contributed by atoms with Crippen molar-refractivity contribution in [3.63, 3.8) is 0 Å². The van der Waals surface area contributed by atoms with Crippen LogP contribution >= 0.6 is 24.0 Å². The Morgan fingerprint density at radius 3 is 2.57 bits per heavy atom. The molecule has 1 heterocycles. The lowest BCUT2D eigenvalue weighted by Crippen LogP contribution is -2.22. The predicted octanol–water partition coefficient (Wildman–Crippen LogP) is 3.55. The second-order valence-corrected chi connectivity index (χ2v) is 4.90. The molecule has 5 heteroatoms. The third-order valence-electron chi connectivity index (χ3n) is 3.14. The molecule has 0 bridgehead atoms. The number of aliphatic imine (C=N–C) groups is 1. The van der Waals surface area contributed by atoms with Gasteiger partial charge in [0.2, 0.25) is 0 Å². The molecule has 0 saturated heterocycles. The Kier molecular flexibility index (Phi) is 6.61. The first-order valence-electron chi connectivity index (χ1n) is 6.61. The van der Waals surface area contributed by atoms with Gasteiger partial charge in [0.25, 0.3) is 0 Å². The number of hydrogen-bond donors (Lipinski definition) is 2. The molecule has 0 aliphatic carbocycles. The molecule has 1 aromatic carbocycles. The zero-order valence-electron chi connectivity index (χ0n) is 12.6. The van der Waals surface area contributed by atoms with Crippen LogP contribution in [0, 0.1) is 20.8 Å². The largest absolute Gasteiger partial charge is 0.370 e. The fourth-order valence-electron chi connectivity index (χ4n) is 1.86. The maximum atomic E-state index is 5.89. The van der Waals surface area contributed by atoms with Gasteiger partial charge in [-0.2, -0.15) is 0 Å². The number of anilines is 1. The molecule has 0 aliphatic heterocycles. The van der Waals surface area contributed by atoms with Crippen LogP contribution in [0.5, 0.6) is 0 Å².